The fourth-order valence-corrected chi connectivity index (χ4v) is 6.21. The Morgan fingerprint density at radius 1 is 1.00 bits per heavy atom. The molecule has 8 heteroatoms. The molecule has 0 saturated carbocycles. The van der Waals surface area contributed by atoms with E-state index < -0.39 is 19.7 Å². The van der Waals surface area contributed by atoms with Crippen molar-refractivity contribution in [1.82, 2.24) is 9.78 Å². The van der Waals surface area contributed by atoms with E-state index in [1.807, 2.05) is 28.9 Å². The highest BCUT2D eigenvalue weighted by molar-refractivity contribution is 7.16. The Kier molecular flexibility index (Phi) is 6.37. The number of ether oxygens (including phenoxy) is 2. The number of fused-ring (bicyclic) bond motifs is 3. The summed E-state index contributed by atoms with van der Waals surface area (Å²) in [5.74, 6) is -0.869. The molecule has 0 spiro atoms. The largest absolute Gasteiger partial charge is 0.497 e. The summed E-state index contributed by atoms with van der Waals surface area (Å²) in [7, 11) is 0.459. The molecular weight excluding hydrogens is 482 g/mol. The van der Waals surface area contributed by atoms with Crippen molar-refractivity contribution in [3.05, 3.63) is 70.6 Å². The Bertz CT molecular complexity index is 1370. The average Bonchev–Trinajstić information content (AvgIpc) is 3.48. The zero-order valence-electron chi connectivity index (χ0n) is 20.3. The van der Waals surface area contributed by atoms with E-state index in [-0.39, 0.29) is 0 Å². The van der Waals surface area contributed by atoms with Gasteiger partial charge < -0.3 is 9.47 Å². The second kappa shape index (κ2) is 9.33. The van der Waals surface area contributed by atoms with Gasteiger partial charge in [-0.3, -0.25) is 0 Å². The summed E-state index contributed by atoms with van der Waals surface area (Å²) in [6.45, 7) is 8.08. The lowest BCUT2D eigenvalue weighted by Crippen LogP contribution is -2.22. The molecule has 0 bridgehead atoms. The van der Waals surface area contributed by atoms with Crippen molar-refractivity contribution < 1.29 is 18.3 Å². The van der Waals surface area contributed by atoms with Gasteiger partial charge in [0.25, 0.3) is 0 Å². The van der Waals surface area contributed by atoms with E-state index >= 15 is 0 Å². The Labute approximate surface area is 209 Å². The van der Waals surface area contributed by atoms with Crippen molar-refractivity contribution >= 4 is 19.4 Å². The van der Waals surface area contributed by atoms with Crippen LogP contribution >= 0.6 is 11.3 Å². The highest BCUT2D eigenvalue weighted by Gasteiger charge is 2.31. The van der Waals surface area contributed by atoms with E-state index in [1.54, 1.807) is 24.5 Å². The van der Waals surface area contributed by atoms with Crippen LogP contribution in [0.4, 0.5) is 8.78 Å². The lowest BCUT2D eigenvalue weighted by atomic mass is 10.1. The number of benzene rings is 2. The van der Waals surface area contributed by atoms with Gasteiger partial charge in [0, 0.05) is 47.5 Å². The molecular formula is C27H28F2N2O2SSi. The van der Waals surface area contributed by atoms with Gasteiger partial charge >= 0.3 is 0 Å². The first-order valence-corrected chi connectivity index (χ1v) is 16.2. The summed E-state index contributed by atoms with van der Waals surface area (Å²) >= 11 is 1.62. The predicted molar refractivity (Wildman–Crippen MR) is 140 cm³/mol. The maximum absolute atomic E-state index is 13.9. The highest BCUT2D eigenvalue weighted by Crippen LogP contribution is 2.48. The molecule has 0 radical (unpaired) electrons. The maximum atomic E-state index is 13.9. The van der Waals surface area contributed by atoms with Crippen LogP contribution < -0.4 is 4.74 Å². The van der Waals surface area contributed by atoms with Crippen LogP contribution in [0.1, 0.15) is 10.4 Å². The number of methoxy groups -OCH3 is 1. The standard InChI is InChI=1S/C27H28F2N2O2SSi/c1-32-19-8-5-17(6-9-19)26-21-15-25-20(14-24(34-25)18-7-10-22(28)23(29)13-18)27(21)31(30-26)16-33-11-12-35(2,3)4/h5-10,13-14H,11-12,15-16H2,1-4H3. The molecule has 0 atom stereocenters. The predicted octanol–water partition coefficient (Wildman–Crippen LogP) is 7.45. The van der Waals surface area contributed by atoms with Crippen molar-refractivity contribution in [2.24, 2.45) is 0 Å². The highest BCUT2D eigenvalue weighted by atomic mass is 32.1. The molecule has 0 fully saturated rings. The normalized spacial score (nSPS) is 12.6. The SMILES string of the molecule is COc1ccc(-c2nn(COCC[Si](C)(C)C)c3c2Cc2sc(-c4ccc(F)c(F)c4)cc2-3)cc1. The maximum Gasteiger partial charge on any atom is 0.159 e. The molecule has 2 aromatic carbocycles. The first-order chi connectivity index (χ1) is 16.7. The van der Waals surface area contributed by atoms with Crippen molar-refractivity contribution in [3.8, 4) is 38.7 Å². The molecule has 1 aliphatic carbocycles. The van der Waals surface area contributed by atoms with Crippen molar-refractivity contribution in [3.63, 3.8) is 0 Å². The summed E-state index contributed by atoms with van der Waals surface area (Å²) in [6.07, 6.45) is 0.745. The number of aromatic nitrogens is 2. The van der Waals surface area contributed by atoms with Crippen molar-refractivity contribution in [2.45, 2.75) is 38.8 Å². The van der Waals surface area contributed by atoms with E-state index in [9.17, 15) is 8.78 Å². The molecule has 0 aliphatic heterocycles. The van der Waals surface area contributed by atoms with Crippen LogP contribution in [0.3, 0.4) is 0 Å². The molecule has 0 saturated heterocycles. The topological polar surface area (TPSA) is 36.3 Å². The van der Waals surface area contributed by atoms with Gasteiger partial charge in [0.2, 0.25) is 0 Å². The van der Waals surface area contributed by atoms with Gasteiger partial charge in [0.05, 0.1) is 18.5 Å². The lowest BCUT2D eigenvalue weighted by Gasteiger charge is -2.15. The molecule has 4 nitrogen and oxygen atoms in total. The quantitative estimate of drug-likeness (QED) is 0.161. The van der Waals surface area contributed by atoms with Crippen LogP contribution in [0, 0.1) is 11.6 Å². The Hall–Kier alpha value is -2.81. The van der Waals surface area contributed by atoms with Gasteiger partial charge in [-0.15, -0.1) is 11.3 Å². The fourth-order valence-electron chi connectivity index (χ4n) is 4.28. The molecule has 2 aromatic heterocycles. The molecule has 5 rings (SSSR count). The number of hydrogen-bond donors (Lipinski definition) is 0. The Morgan fingerprint density at radius 3 is 2.43 bits per heavy atom. The minimum absolute atomic E-state index is 0.374. The van der Waals surface area contributed by atoms with E-state index in [1.165, 1.54) is 22.6 Å². The minimum atomic E-state index is -1.20. The average molecular weight is 511 g/mol. The van der Waals surface area contributed by atoms with Crippen molar-refractivity contribution in [1.29, 1.82) is 0 Å². The van der Waals surface area contributed by atoms with Crippen LogP contribution in [-0.4, -0.2) is 31.6 Å². The first-order valence-electron chi connectivity index (χ1n) is 11.6. The van der Waals surface area contributed by atoms with E-state index in [4.69, 9.17) is 14.6 Å². The second-order valence-electron chi connectivity index (χ2n) is 10.0. The third-order valence-electron chi connectivity index (χ3n) is 6.23. The molecule has 182 valence electrons. The molecule has 0 amide bonds. The third kappa shape index (κ3) is 4.83. The number of thiophene rings is 1. The molecule has 0 N–H and O–H groups in total. The van der Waals surface area contributed by atoms with Gasteiger partial charge in [0.1, 0.15) is 12.5 Å². The zero-order valence-corrected chi connectivity index (χ0v) is 22.1. The lowest BCUT2D eigenvalue weighted by molar-refractivity contribution is 0.0799. The summed E-state index contributed by atoms with van der Waals surface area (Å²) < 4.78 is 40.7. The number of nitrogens with zero attached hydrogens (tertiary/aromatic N) is 2. The van der Waals surface area contributed by atoms with Crippen LogP contribution in [0.25, 0.3) is 33.0 Å². The molecule has 4 aromatic rings. The summed E-state index contributed by atoms with van der Waals surface area (Å²) in [4.78, 5) is 2.11. The smallest absolute Gasteiger partial charge is 0.159 e. The monoisotopic (exact) mass is 510 g/mol. The van der Waals surface area contributed by atoms with Crippen LogP contribution in [0.5, 0.6) is 5.75 Å². The Balaban J connectivity index is 1.51. The Morgan fingerprint density at radius 2 is 1.74 bits per heavy atom. The van der Waals surface area contributed by atoms with E-state index in [2.05, 4.69) is 25.7 Å². The van der Waals surface area contributed by atoms with E-state index in [0.717, 1.165) is 45.6 Å². The first kappa shape index (κ1) is 23.9. The number of halogens is 2. The molecule has 0 unspecified atom stereocenters. The molecule has 2 heterocycles. The van der Waals surface area contributed by atoms with Gasteiger partial charge in [-0.25, -0.2) is 13.5 Å². The number of rotatable bonds is 8. The third-order valence-corrected chi connectivity index (χ3v) is 9.12. The number of hydrogen-bond acceptors (Lipinski definition) is 4. The van der Waals surface area contributed by atoms with E-state index in [0.29, 0.717) is 18.9 Å². The molecule has 1 aliphatic rings. The molecule has 35 heavy (non-hydrogen) atoms. The van der Waals surface area contributed by atoms with Crippen LogP contribution in [0.2, 0.25) is 25.7 Å². The van der Waals surface area contributed by atoms with Gasteiger partial charge in [-0.2, -0.15) is 5.10 Å². The second-order valence-corrected chi connectivity index (χ2v) is 16.8. The van der Waals surface area contributed by atoms with Gasteiger partial charge in [-0.1, -0.05) is 25.7 Å². The van der Waals surface area contributed by atoms with Crippen LogP contribution in [0.15, 0.2) is 48.5 Å². The van der Waals surface area contributed by atoms with Gasteiger partial charge in [-0.05, 0) is 54.1 Å². The van der Waals surface area contributed by atoms with Crippen molar-refractivity contribution in [2.75, 3.05) is 13.7 Å². The minimum Gasteiger partial charge on any atom is -0.497 e. The summed E-state index contributed by atoms with van der Waals surface area (Å²) in [6, 6.07) is 15.2. The van der Waals surface area contributed by atoms with Gasteiger partial charge in [0.15, 0.2) is 11.6 Å². The summed E-state index contributed by atoms with van der Waals surface area (Å²) in [5, 5.41) is 4.96. The van der Waals surface area contributed by atoms with Crippen LogP contribution in [-0.2, 0) is 17.9 Å². The summed E-state index contributed by atoms with van der Waals surface area (Å²) in [5.41, 5.74) is 5.95. The zero-order chi connectivity index (χ0) is 24.7. The fraction of sp³-hybridized carbons (Fsp3) is 0.296.